The maximum Gasteiger partial charge on any atom is 0.260 e. The summed E-state index contributed by atoms with van der Waals surface area (Å²) in [6.45, 7) is 3.83. The zero-order chi connectivity index (χ0) is 20.1. The van der Waals surface area contributed by atoms with Gasteiger partial charge in [0.05, 0.1) is 11.3 Å². The minimum Gasteiger partial charge on any atom is -0.494 e. The molecule has 3 aromatic rings. The van der Waals surface area contributed by atoms with E-state index in [9.17, 15) is 9.18 Å². The average Bonchev–Trinajstić information content (AvgIpc) is 3.11. The topological polar surface area (TPSA) is 45.7 Å². The first-order valence-electron chi connectivity index (χ1n) is 9.24. The van der Waals surface area contributed by atoms with Crippen molar-refractivity contribution in [2.24, 2.45) is 0 Å². The third kappa shape index (κ3) is 5.65. The van der Waals surface area contributed by atoms with Crippen LogP contribution in [0.5, 0.6) is 5.75 Å². The molecule has 0 aliphatic heterocycles. The molecule has 0 N–H and O–H groups in total. The molecule has 0 aliphatic carbocycles. The lowest BCUT2D eigenvalue weighted by atomic mass is 10.2. The molecule has 1 heterocycles. The summed E-state index contributed by atoms with van der Waals surface area (Å²) in [5.41, 5.74) is 0.854. The molecule has 8 heteroatoms. The van der Waals surface area contributed by atoms with E-state index in [1.807, 2.05) is 27.1 Å². The zero-order valence-corrected chi connectivity index (χ0v) is 18.4. The summed E-state index contributed by atoms with van der Waals surface area (Å²) in [5, 5.41) is 0.512. The number of aromatic nitrogens is 1. The van der Waals surface area contributed by atoms with Crippen LogP contribution in [0.2, 0.25) is 0 Å². The summed E-state index contributed by atoms with van der Waals surface area (Å²) in [5.74, 6) is 0.197. The van der Waals surface area contributed by atoms with Crippen LogP contribution < -0.4 is 9.64 Å². The number of amides is 1. The third-order valence-corrected chi connectivity index (χ3v) is 5.28. The van der Waals surface area contributed by atoms with E-state index in [2.05, 4.69) is 9.88 Å². The molecule has 0 atom stereocenters. The summed E-state index contributed by atoms with van der Waals surface area (Å²) in [7, 11) is 3.98. The van der Waals surface area contributed by atoms with Crippen molar-refractivity contribution in [3.05, 3.63) is 53.8 Å². The molecule has 29 heavy (non-hydrogen) atoms. The number of nitrogens with zero attached hydrogens (tertiary/aromatic N) is 3. The predicted octanol–water partition coefficient (Wildman–Crippen LogP) is 4.85. The largest absolute Gasteiger partial charge is 0.494 e. The second kappa shape index (κ2) is 10.5. The molecule has 0 unspecified atom stereocenters. The van der Waals surface area contributed by atoms with E-state index in [-0.39, 0.29) is 24.1 Å². The van der Waals surface area contributed by atoms with Crippen LogP contribution in [0, 0.1) is 5.82 Å². The molecule has 0 aliphatic rings. The normalized spacial score (nSPS) is 10.8. The van der Waals surface area contributed by atoms with E-state index < -0.39 is 0 Å². The molecule has 1 amide bonds. The summed E-state index contributed by atoms with van der Waals surface area (Å²) < 4.78 is 20.3. The lowest BCUT2D eigenvalue weighted by Gasteiger charge is -2.21. The van der Waals surface area contributed by atoms with Gasteiger partial charge in [-0.05, 0) is 70.4 Å². The Morgan fingerprint density at radius 2 is 1.86 bits per heavy atom. The lowest BCUT2D eigenvalue weighted by Crippen LogP contribution is -2.33. The van der Waals surface area contributed by atoms with Gasteiger partial charge in [-0.3, -0.25) is 9.69 Å². The van der Waals surface area contributed by atoms with E-state index >= 15 is 0 Å². The van der Waals surface area contributed by atoms with Crippen molar-refractivity contribution in [2.75, 3.05) is 38.7 Å². The van der Waals surface area contributed by atoms with E-state index in [4.69, 9.17) is 4.74 Å². The Morgan fingerprint density at radius 1 is 1.14 bits per heavy atom. The smallest absolute Gasteiger partial charge is 0.260 e. The van der Waals surface area contributed by atoms with Crippen LogP contribution in [0.1, 0.15) is 23.7 Å². The number of hydrogen-bond donors (Lipinski definition) is 0. The Labute approximate surface area is 180 Å². The van der Waals surface area contributed by atoms with Gasteiger partial charge in [0.25, 0.3) is 5.91 Å². The van der Waals surface area contributed by atoms with E-state index in [1.54, 1.807) is 35.2 Å². The van der Waals surface area contributed by atoms with Gasteiger partial charge in [0.2, 0.25) is 0 Å². The highest BCUT2D eigenvalue weighted by Gasteiger charge is 2.22. The molecular formula is C21H25ClFN3O2S. The molecule has 156 valence electrons. The zero-order valence-electron chi connectivity index (χ0n) is 16.7. The SMILES string of the molecule is CCOc1ccc(C(=O)N(CCCN(C)C)c2nc3c(F)cccc3s2)cc1.Cl. The van der Waals surface area contributed by atoms with E-state index in [1.165, 1.54) is 17.4 Å². The van der Waals surface area contributed by atoms with Gasteiger partial charge in [0.15, 0.2) is 5.13 Å². The Balaban J connectivity index is 0.00000300. The predicted molar refractivity (Wildman–Crippen MR) is 119 cm³/mol. The number of rotatable bonds is 8. The van der Waals surface area contributed by atoms with Crippen LogP contribution in [0.15, 0.2) is 42.5 Å². The van der Waals surface area contributed by atoms with Crippen LogP contribution in [0.3, 0.4) is 0 Å². The highest BCUT2D eigenvalue weighted by molar-refractivity contribution is 7.22. The first-order chi connectivity index (χ1) is 13.5. The maximum atomic E-state index is 14.1. The molecule has 0 saturated heterocycles. The Hall–Kier alpha value is -2.22. The first-order valence-corrected chi connectivity index (χ1v) is 10.1. The van der Waals surface area contributed by atoms with Crippen molar-refractivity contribution in [1.29, 1.82) is 0 Å². The molecule has 2 aromatic carbocycles. The van der Waals surface area contributed by atoms with E-state index in [0.29, 0.717) is 29.4 Å². The lowest BCUT2D eigenvalue weighted by molar-refractivity contribution is 0.0986. The van der Waals surface area contributed by atoms with Crippen LogP contribution in [-0.4, -0.2) is 49.6 Å². The number of benzene rings is 2. The van der Waals surface area contributed by atoms with Gasteiger partial charge in [-0.25, -0.2) is 9.37 Å². The van der Waals surface area contributed by atoms with Crippen LogP contribution in [0.25, 0.3) is 10.2 Å². The fraction of sp³-hybridized carbons (Fsp3) is 0.333. The van der Waals surface area contributed by atoms with Crippen molar-refractivity contribution in [1.82, 2.24) is 9.88 Å². The van der Waals surface area contributed by atoms with Crippen LogP contribution in [0.4, 0.5) is 9.52 Å². The minimum atomic E-state index is -0.373. The Kier molecular flexibility index (Phi) is 8.37. The summed E-state index contributed by atoms with van der Waals surface area (Å²) in [4.78, 5) is 21.3. The molecule has 5 nitrogen and oxygen atoms in total. The molecule has 0 spiro atoms. The highest BCUT2D eigenvalue weighted by Crippen LogP contribution is 2.31. The minimum absolute atomic E-state index is 0. The van der Waals surface area contributed by atoms with Gasteiger partial charge in [0, 0.05) is 12.1 Å². The third-order valence-electron chi connectivity index (χ3n) is 4.23. The maximum absolute atomic E-state index is 14.1. The number of fused-ring (bicyclic) bond motifs is 1. The van der Waals surface area contributed by atoms with Crippen molar-refractivity contribution in [3.8, 4) is 5.75 Å². The second-order valence-electron chi connectivity index (χ2n) is 6.65. The monoisotopic (exact) mass is 437 g/mol. The second-order valence-corrected chi connectivity index (χ2v) is 7.66. The van der Waals surface area contributed by atoms with E-state index in [0.717, 1.165) is 23.4 Å². The van der Waals surface area contributed by atoms with Crippen molar-refractivity contribution >= 4 is 45.0 Å². The van der Waals surface area contributed by atoms with Gasteiger partial charge in [-0.15, -0.1) is 12.4 Å². The van der Waals surface area contributed by atoms with Gasteiger partial charge in [0.1, 0.15) is 17.1 Å². The van der Waals surface area contributed by atoms with Gasteiger partial charge >= 0.3 is 0 Å². The van der Waals surface area contributed by atoms with Gasteiger partial charge in [-0.1, -0.05) is 17.4 Å². The van der Waals surface area contributed by atoms with Gasteiger partial charge < -0.3 is 9.64 Å². The number of thiazole rings is 1. The van der Waals surface area contributed by atoms with Crippen LogP contribution >= 0.6 is 23.7 Å². The number of halogens is 2. The number of carbonyl (C=O) groups excluding carboxylic acids is 1. The summed E-state index contributed by atoms with van der Waals surface area (Å²) in [6.07, 6.45) is 0.786. The number of ether oxygens (including phenoxy) is 1. The molecule has 1 aromatic heterocycles. The molecule has 0 bridgehead atoms. The van der Waals surface area contributed by atoms with Crippen molar-refractivity contribution < 1.29 is 13.9 Å². The number of para-hydroxylation sites is 1. The summed E-state index contributed by atoms with van der Waals surface area (Å²) in [6, 6.07) is 11.9. The first kappa shape index (κ1) is 23.1. The molecular weight excluding hydrogens is 413 g/mol. The highest BCUT2D eigenvalue weighted by atomic mass is 35.5. The van der Waals surface area contributed by atoms with Crippen molar-refractivity contribution in [3.63, 3.8) is 0 Å². The fourth-order valence-electron chi connectivity index (χ4n) is 2.86. The van der Waals surface area contributed by atoms with Gasteiger partial charge in [-0.2, -0.15) is 0 Å². The fourth-order valence-corrected chi connectivity index (χ4v) is 3.87. The Bertz CT molecular complexity index is 947. The number of hydrogen-bond acceptors (Lipinski definition) is 5. The van der Waals surface area contributed by atoms with Crippen molar-refractivity contribution in [2.45, 2.75) is 13.3 Å². The summed E-state index contributed by atoms with van der Waals surface area (Å²) >= 11 is 1.33. The van der Waals surface area contributed by atoms with Crippen LogP contribution in [-0.2, 0) is 0 Å². The molecule has 0 saturated carbocycles. The quantitative estimate of drug-likeness (QED) is 0.505. The number of anilines is 1. The standard InChI is InChI=1S/C21H24FN3O2S.ClH/c1-4-27-16-11-9-15(10-12-16)20(26)25(14-6-13-24(2)3)21-23-19-17(22)7-5-8-18(19)28-21;/h5,7-12H,4,6,13-14H2,1-3H3;1H. The molecule has 3 rings (SSSR count). The molecule has 0 radical (unpaired) electrons. The Morgan fingerprint density at radius 3 is 2.48 bits per heavy atom. The molecule has 0 fully saturated rings. The average molecular weight is 438 g/mol. The number of carbonyl (C=O) groups is 1.